The van der Waals surface area contributed by atoms with E-state index >= 15 is 0 Å². The SMILES string of the molecule is CN=C(NCc1ccc(C(N)=O)cc1)NC1CCC(C(C)C)CC1.I. The fourth-order valence-corrected chi connectivity index (χ4v) is 3.29. The second-order valence-electron chi connectivity index (χ2n) is 6.99. The normalized spacial score (nSPS) is 20.7. The predicted molar refractivity (Wildman–Crippen MR) is 114 cm³/mol. The van der Waals surface area contributed by atoms with Gasteiger partial charge in [0.2, 0.25) is 5.91 Å². The van der Waals surface area contributed by atoms with Gasteiger partial charge in [0.25, 0.3) is 0 Å². The van der Waals surface area contributed by atoms with E-state index in [1.165, 1.54) is 25.7 Å². The summed E-state index contributed by atoms with van der Waals surface area (Å²) in [6.45, 7) is 5.31. The van der Waals surface area contributed by atoms with Crippen molar-refractivity contribution in [1.82, 2.24) is 10.6 Å². The number of primary amides is 1. The number of benzene rings is 1. The molecule has 0 bridgehead atoms. The topological polar surface area (TPSA) is 79.5 Å². The van der Waals surface area contributed by atoms with Gasteiger partial charge < -0.3 is 16.4 Å². The van der Waals surface area contributed by atoms with Crippen LogP contribution in [0.25, 0.3) is 0 Å². The van der Waals surface area contributed by atoms with Gasteiger partial charge in [-0.15, -0.1) is 24.0 Å². The van der Waals surface area contributed by atoms with E-state index in [0.717, 1.165) is 23.4 Å². The molecule has 0 unspecified atom stereocenters. The third-order valence-corrected chi connectivity index (χ3v) is 4.98. The van der Waals surface area contributed by atoms with Crippen LogP contribution in [0.3, 0.4) is 0 Å². The molecule has 1 saturated carbocycles. The predicted octanol–water partition coefficient (Wildman–Crippen LogP) is 3.28. The van der Waals surface area contributed by atoms with E-state index in [1.54, 1.807) is 19.2 Å². The summed E-state index contributed by atoms with van der Waals surface area (Å²) in [6, 6.07) is 7.83. The van der Waals surface area contributed by atoms with Crippen LogP contribution in [0.5, 0.6) is 0 Å². The number of halogens is 1. The van der Waals surface area contributed by atoms with E-state index in [1.807, 2.05) is 12.1 Å². The van der Waals surface area contributed by atoms with E-state index in [9.17, 15) is 4.79 Å². The zero-order valence-electron chi connectivity index (χ0n) is 15.4. The van der Waals surface area contributed by atoms with Gasteiger partial charge in [-0.25, -0.2) is 0 Å². The molecular weight excluding hydrogens is 427 g/mol. The third kappa shape index (κ3) is 6.84. The highest BCUT2D eigenvalue weighted by atomic mass is 127. The Balaban J connectivity index is 0.00000312. The molecule has 1 aliphatic carbocycles. The zero-order valence-corrected chi connectivity index (χ0v) is 17.7. The summed E-state index contributed by atoms with van der Waals surface area (Å²) in [5.74, 6) is 2.08. The van der Waals surface area contributed by atoms with Crippen LogP contribution in [0.1, 0.15) is 55.5 Å². The molecule has 0 saturated heterocycles. The highest BCUT2D eigenvalue weighted by molar-refractivity contribution is 14.0. The number of aliphatic imine (C=N–C) groups is 1. The fraction of sp³-hybridized carbons (Fsp3) is 0.579. The largest absolute Gasteiger partial charge is 0.366 e. The average Bonchev–Trinajstić information content (AvgIpc) is 2.59. The maximum Gasteiger partial charge on any atom is 0.248 e. The van der Waals surface area contributed by atoms with Crippen LogP contribution in [0.4, 0.5) is 0 Å². The van der Waals surface area contributed by atoms with E-state index in [2.05, 4.69) is 29.5 Å². The van der Waals surface area contributed by atoms with Crippen molar-refractivity contribution in [3.63, 3.8) is 0 Å². The Morgan fingerprint density at radius 2 is 1.80 bits per heavy atom. The van der Waals surface area contributed by atoms with Crippen molar-refractivity contribution < 1.29 is 4.79 Å². The zero-order chi connectivity index (χ0) is 17.5. The Labute approximate surface area is 168 Å². The van der Waals surface area contributed by atoms with Crippen molar-refractivity contribution >= 4 is 35.8 Å². The molecule has 1 aromatic carbocycles. The molecule has 0 spiro atoms. The summed E-state index contributed by atoms with van der Waals surface area (Å²) in [4.78, 5) is 15.4. The van der Waals surface area contributed by atoms with Crippen molar-refractivity contribution in [2.75, 3.05) is 7.05 Å². The second kappa shape index (κ2) is 10.6. The minimum absolute atomic E-state index is 0. The number of hydrogen-bond donors (Lipinski definition) is 3. The first kappa shape index (κ1) is 21.7. The molecule has 4 N–H and O–H groups in total. The molecule has 1 fully saturated rings. The first-order chi connectivity index (χ1) is 11.5. The Bertz CT molecular complexity index is 563. The third-order valence-electron chi connectivity index (χ3n) is 4.98. The highest BCUT2D eigenvalue weighted by Gasteiger charge is 2.23. The standard InChI is InChI=1S/C19H30N4O.HI/c1-13(2)15-8-10-17(11-9-15)23-19(21-3)22-12-14-4-6-16(7-5-14)18(20)24;/h4-7,13,15,17H,8-12H2,1-3H3,(H2,20,24)(H2,21,22,23);1H. The molecular formula is C19H31IN4O. The molecule has 2 rings (SSSR count). The summed E-state index contributed by atoms with van der Waals surface area (Å²) in [7, 11) is 1.80. The van der Waals surface area contributed by atoms with Gasteiger partial charge in [-0.2, -0.15) is 0 Å². The molecule has 0 aromatic heterocycles. The van der Waals surface area contributed by atoms with E-state index in [-0.39, 0.29) is 24.0 Å². The van der Waals surface area contributed by atoms with Gasteiger partial charge in [0.1, 0.15) is 0 Å². The Kier molecular flexibility index (Phi) is 9.24. The van der Waals surface area contributed by atoms with Gasteiger partial charge in [-0.1, -0.05) is 26.0 Å². The molecule has 6 heteroatoms. The number of rotatable bonds is 5. The van der Waals surface area contributed by atoms with Gasteiger partial charge in [0.15, 0.2) is 5.96 Å². The van der Waals surface area contributed by atoms with Crippen LogP contribution in [0, 0.1) is 11.8 Å². The van der Waals surface area contributed by atoms with Crippen LogP contribution >= 0.6 is 24.0 Å². The van der Waals surface area contributed by atoms with E-state index in [4.69, 9.17) is 5.73 Å². The maximum atomic E-state index is 11.1. The lowest BCUT2D eigenvalue weighted by molar-refractivity contribution is 0.100. The van der Waals surface area contributed by atoms with Gasteiger partial charge in [0.05, 0.1) is 0 Å². The van der Waals surface area contributed by atoms with Crippen LogP contribution < -0.4 is 16.4 Å². The van der Waals surface area contributed by atoms with Gasteiger partial charge in [-0.3, -0.25) is 9.79 Å². The number of carbonyl (C=O) groups excluding carboxylic acids is 1. The molecule has 0 heterocycles. The first-order valence-electron chi connectivity index (χ1n) is 8.85. The summed E-state index contributed by atoms with van der Waals surface area (Å²) >= 11 is 0. The fourth-order valence-electron chi connectivity index (χ4n) is 3.29. The summed E-state index contributed by atoms with van der Waals surface area (Å²) < 4.78 is 0. The molecule has 0 radical (unpaired) electrons. The number of nitrogens with zero attached hydrogens (tertiary/aromatic N) is 1. The van der Waals surface area contributed by atoms with Crippen molar-refractivity contribution in [2.45, 2.75) is 52.1 Å². The van der Waals surface area contributed by atoms with Crippen LogP contribution in [0.15, 0.2) is 29.3 Å². The van der Waals surface area contributed by atoms with Gasteiger partial charge >= 0.3 is 0 Å². The van der Waals surface area contributed by atoms with Crippen molar-refractivity contribution in [1.29, 1.82) is 0 Å². The lowest BCUT2D eigenvalue weighted by Gasteiger charge is -2.32. The number of amides is 1. The number of carbonyl (C=O) groups is 1. The van der Waals surface area contributed by atoms with Crippen molar-refractivity contribution in [3.05, 3.63) is 35.4 Å². The van der Waals surface area contributed by atoms with Crippen LogP contribution in [-0.4, -0.2) is 25.0 Å². The molecule has 5 nitrogen and oxygen atoms in total. The molecule has 0 atom stereocenters. The number of nitrogens with one attached hydrogen (secondary N) is 2. The summed E-state index contributed by atoms with van der Waals surface area (Å²) in [5.41, 5.74) is 6.88. The van der Waals surface area contributed by atoms with Gasteiger partial charge in [-0.05, 0) is 55.2 Å². The van der Waals surface area contributed by atoms with E-state index < -0.39 is 5.91 Å². The Morgan fingerprint density at radius 1 is 1.20 bits per heavy atom. The average molecular weight is 458 g/mol. The summed E-state index contributed by atoms with van der Waals surface area (Å²) in [5, 5.41) is 6.87. The second-order valence-corrected chi connectivity index (χ2v) is 6.99. The molecule has 0 aliphatic heterocycles. The summed E-state index contributed by atoms with van der Waals surface area (Å²) in [6.07, 6.45) is 5.00. The number of guanidine groups is 1. The van der Waals surface area contributed by atoms with Crippen molar-refractivity contribution in [3.8, 4) is 0 Å². The quantitative estimate of drug-likeness (QED) is 0.360. The Morgan fingerprint density at radius 3 is 2.28 bits per heavy atom. The van der Waals surface area contributed by atoms with Gasteiger partial charge in [0, 0.05) is 25.2 Å². The smallest absolute Gasteiger partial charge is 0.248 e. The van der Waals surface area contributed by atoms with Crippen LogP contribution in [-0.2, 0) is 6.54 Å². The Hall–Kier alpha value is -1.31. The molecule has 140 valence electrons. The minimum atomic E-state index is -0.399. The minimum Gasteiger partial charge on any atom is -0.366 e. The molecule has 1 aliphatic rings. The van der Waals surface area contributed by atoms with Crippen LogP contribution in [0.2, 0.25) is 0 Å². The maximum absolute atomic E-state index is 11.1. The molecule has 1 amide bonds. The van der Waals surface area contributed by atoms with E-state index in [0.29, 0.717) is 18.2 Å². The van der Waals surface area contributed by atoms with Crippen molar-refractivity contribution in [2.24, 2.45) is 22.6 Å². The monoisotopic (exact) mass is 458 g/mol. The number of hydrogen-bond acceptors (Lipinski definition) is 2. The number of nitrogens with two attached hydrogens (primary N) is 1. The molecule has 25 heavy (non-hydrogen) atoms. The first-order valence-corrected chi connectivity index (χ1v) is 8.85. The lowest BCUT2D eigenvalue weighted by Crippen LogP contribution is -2.44. The molecule has 1 aromatic rings. The lowest BCUT2D eigenvalue weighted by atomic mass is 9.80. The highest BCUT2D eigenvalue weighted by Crippen LogP contribution is 2.29.